The third-order valence-corrected chi connectivity index (χ3v) is 4.54. The van der Waals surface area contributed by atoms with Gasteiger partial charge in [-0.1, -0.05) is 12.1 Å². The van der Waals surface area contributed by atoms with E-state index in [0.29, 0.717) is 18.4 Å². The van der Waals surface area contributed by atoms with E-state index < -0.39 is 11.5 Å². The van der Waals surface area contributed by atoms with Gasteiger partial charge >= 0.3 is 5.97 Å². The van der Waals surface area contributed by atoms with Crippen LogP contribution in [-0.2, 0) is 22.4 Å². The van der Waals surface area contributed by atoms with Crippen LogP contribution in [-0.4, -0.2) is 28.3 Å². The van der Waals surface area contributed by atoms with Crippen molar-refractivity contribution in [2.24, 2.45) is 0 Å². The molecular formula is C17H19NO4. The number of benzene rings is 1. The van der Waals surface area contributed by atoms with Gasteiger partial charge in [0.15, 0.2) is 5.78 Å². The van der Waals surface area contributed by atoms with Crippen molar-refractivity contribution in [3.8, 4) is 0 Å². The van der Waals surface area contributed by atoms with E-state index in [2.05, 4.69) is 5.32 Å². The fourth-order valence-electron chi connectivity index (χ4n) is 2.96. The number of carboxylic acid groups (broad SMARTS) is 1. The molecule has 5 heteroatoms. The van der Waals surface area contributed by atoms with Crippen molar-refractivity contribution in [2.75, 3.05) is 0 Å². The maximum Gasteiger partial charge on any atom is 0.329 e. The van der Waals surface area contributed by atoms with Crippen LogP contribution in [0.15, 0.2) is 18.2 Å². The van der Waals surface area contributed by atoms with Crippen LogP contribution in [0, 0.1) is 0 Å². The number of carboxylic acids is 1. The minimum atomic E-state index is -1.08. The lowest BCUT2D eigenvalue weighted by Gasteiger charge is -2.12. The summed E-state index contributed by atoms with van der Waals surface area (Å²) in [5, 5.41) is 11.5. The van der Waals surface area contributed by atoms with Crippen molar-refractivity contribution in [3.05, 3.63) is 34.9 Å². The number of aryl methyl sites for hydroxylation is 2. The molecule has 0 aliphatic heterocycles. The zero-order valence-electron chi connectivity index (χ0n) is 12.4. The summed E-state index contributed by atoms with van der Waals surface area (Å²) in [6.07, 6.45) is 4.29. The molecule has 0 heterocycles. The maximum atomic E-state index is 12.2. The lowest BCUT2D eigenvalue weighted by Crippen LogP contribution is -2.43. The van der Waals surface area contributed by atoms with Gasteiger partial charge in [-0.2, -0.15) is 0 Å². The smallest absolute Gasteiger partial charge is 0.329 e. The lowest BCUT2D eigenvalue weighted by molar-refractivity contribution is -0.143. The van der Waals surface area contributed by atoms with E-state index in [0.717, 1.165) is 19.3 Å². The summed E-state index contributed by atoms with van der Waals surface area (Å²) in [5.74, 6) is -1.43. The van der Waals surface area contributed by atoms with Gasteiger partial charge in [0.25, 0.3) is 0 Å². The predicted molar refractivity (Wildman–Crippen MR) is 79.8 cm³/mol. The maximum absolute atomic E-state index is 12.2. The molecule has 3 rings (SSSR count). The van der Waals surface area contributed by atoms with E-state index in [-0.39, 0.29) is 24.5 Å². The largest absolute Gasteiger partial charge is 0.480 e. The Morgan fingerprint density at radius 3 is 2.50 bits per heavy atom. The normalized spacial score (nSPS) is 17.6. The second-order valence-corrected chi connectivity index (χ2v) is 6.20. The van der Waals surface area contributed by atoms with E-state index in [9.17, 15) is 14.4 Å². The Morgan fingerprint density at radius 2 is 1.82 bits per heavy atom. The van der Waals surface area contributed by atoms with Crippen molar-refractivity contribution in [1.29, 1.82) is 0 Å². The van der Waals surface area contributed by atoms with Crippen LogP contribution in [0.1, 0.15) is 53.6 Å². The van der Waals surface area contributed by atoms with Gasteiger partial charge in [-0.25, -0.2) is 4.79 Å². The predicted octanol–water partition coefficient (Wildman–Crippen LogP) is 1.87. The molecule has 2 aliphatic carbocycles. The number of nitrogens with one attached hydrogen (secondary N) is 1. The quantitative estimate of drug-likeness (QED) is 0.786. The Kier molecular flexibility index (Phi) is 3.72. The summed E-state index contributed by atoms with van der Waals surface area (Å²) in [7, 11) is 0. The molecule has 1 saturated carbocycles. The number of carbonyl (C=O) groups excluding carboxylic acids is 2. The number of Topliss-reactive ketones (excluding diaryl/α,β-unsaturated/α-hetero) is 1. The van der Waals surface area contributed by atoms with Crippen LogP contribution < -0.4 is 5.32 Å². The molecule has 5 nitrogen and oxygen atoms in total. The van der Waals surface area contributed by atoms with Gasteiger partial charge in [0.05, 0.1) is 0 Å². The molecule has 1 aromatic rings. The first-order valence-corrected chi connectivity index (χ1v) is 7.70. The molecule has 116 valence electrons. The van der Waals surface area contributed by atoms with Gasteiger partial charge in [0, 0.05) is 18.4 Å². The zero-order chi connectivity index (χ0) is 15.7. The summed E-state index contributed by atoms with van der Waals surface area (Å²) in [6.45, 7) is 0. The number of amides is 1. The zero-order valence-corrected chi connectivity index (χ0v) is 12.4. The highest BCUT2D eigenvalue weighted by Crippen LogP contribution is 2.35. The van der Waals surface area contributed by atoms with Crippen LogP contribution in [0.2, 0.25) is 0 Å². The number of hydrogen-bond donors (Lipinski definition) is 2. The fraction of sp³-hybridized carbons (Fsp3) is 0.471. The van der Waals surface area contributed by atoms with Gasteiger partial charge in [0.1, 0.15) is 5.54 Å². The Labute approximate surface area is 128 Å². The minimum absolute atomic E-state index is 0.0327. The topological polar surface area (TPSA) is 83.5 Å². The molecule has 0 atom stereocenters. The molecule has 1 fully saturated rings. The average Bonchev–Trinajstić information content (AvgIpc) is 3.12. The van der Waals surface area contributed by atoms with Crippen molar-refractivity contribution in [3.63, 3.8) is 0 Å². The van der Waals surface area contributed by atoms with Crippen molar-refractivity contribution >= 4 is 17.7 Å². The Balaban J connectivity index is 1.54. The summed E-state index contributed by atoms with van der Waals surface area (Å²) in [6, 6.07) is 5.76. The fourth-order valence-corrected chi connectivity index (χ4v) is 2.96. The van der Waals surface area contributed by atoms with E-state index in [1.165, 1.54) is 11.1 Å². The first-order chi connectivity index (χ1) is 10.5. The van der Waals surface area contributed by atoms with Crippen molar-refractivity contribution in [2.45, 2.75) is 50.5 Å². The summed E-state index contributed by atoms with van der Waals surface area (Å²) in [5.41, 5.74) is 2.12. The van der Waals surface area contributed by atoms with Crippen molar-refractivity contribution < 1.29 is 19.5 Å². The molecule has 0 unspecified atom stereocenters. The molecule has 0 radical (unpaired) electrons. The van der Waals surface area contributed by atoms with Gasteiger partial charge < -0.3 is 10.4 Å². The number of aliphatic carboxylic acids is 1. The number of rotatable bonds is 6. The van der Waals surface area contributed by atoms with E-state index in [1.807, 2.05) is 18.2 Å². The monoisotopic (exact) mass is 301 g/mol. The van der Waals surface area contributed by atoms with E-state index in [1.54, 1.807) is 0 Å². The van der Waals surface area contributed by atoms with Crippen LogP contribution in [0.3, 0.4) is 0 Å². The van der Waals surface area contributed by atoms with Gasteiger partial charge in [-0.15, -0.1) is 0 Å². The van der Waals surface area contributed by atoms with Gasteiger partial charge in [-0.3, -0.25) is 9.59 Å². The number of carbonyl (C=O) groups is 3. The highest BCUT2D eigenvalue weighted by atomic mass is 16.4. The van der Waals surface area contributed by atoms with E-state index in [4.69, 9.17) is 5.11 Å². The average molecular weight is 301 g/mol. The number of hydrogen-bond acceptors (Lipinski definition) is 3. The standard InChI is InChI=1S/C17H19NO4/c19-14(13-5-4-11-2-1-3-12(11)10-13)6-7-15(20)18-17(8-9-17)16(21)22/h4-5,10H,1-3,6-9H2,(H,18,20)(H,21,22). The van der Waals surface area contributed by atoms with E-state index >= 15 is 0 Å². The molecule has 0 spiro atoms. The second-order valence-electron chi connectivity index (χ2n) is 6.20. The molecule has 0 bridgehead atoms. The molecule has 2 N–H and O–H groups in total. The van der Waals surface area contributed by atoms with Crippen LogP contribution in [0.25, 0.3) is 0 Å². The second kappa shape index (κ2) is 5.55. The number of fused-ring (bicyclic) bond motifs is 1. The molecule has 0 saturated heterocycles. The SMILES string of the molecule is O=C(CCC(=O)c1ccc2c(c1)CCC2)NC1(C(=O)O)CC1. The van der Waals surface area contributed by atoms with Gasteiger partial charge in [-0.05, 0) is 49.3 Å². The van der Waals surface area contributed by atoms with Gasteiger partial charge in [0.2, 0.25) is 5.91 Å². The Bertz CT molecular complexity index is 646. The summed E-state index contributed by atoms with van der Waals surface area (Å²) >= 11 is 0. The minimum Gasteiger partial charge on any atom is -0.480 e. The highest BCUT2D eigenvalue weighted by molar-refractivity contribution is 5.99. The first kappa shape index (κ1) is 14.8. The Hall–Kier alpha value is -2.17. The first-order valence-electron chi connectivity index (χ1n) is 7.70. The molecule has 22 heavy (non-hydrogen) atoms. The van der Waals surface area contributed by atoms with Crippen LogP contribution in [0.5, 0.6) is 0 Å². The molecule has 2 aliphatic rings. The lowest BCUT2D eigenvalue weighted by atomic mass is 10.0. The molecular weight excluding hydrogens is 282 g/mol. The summed E-state index contributed by atoms with van der Waals surface area (Å²) < 4.78 is 0. The molecule has 0 aromatic heterocycles. The number of ketones is 1. The summed E-state index contributed by atoms with van der Waals surface area (Å²) in [4.78, 5) is 35.0. The molecule has 1 amide bonds. The Morgan fingerprint density at radius 1 is 1.09 bits per heavy atom. The third kappa shape index (κ3) is 2.89. The van der Waals surface area contributed by atoms with Crippen molar-refractivity contribution in [1.82, 2.24) is 5.32 Å². The highest BCUT2D eigenvalue weighted by Gasteiger charge is 2.51. The van der Waals surface area contributed by atoms with Crippen LogP contribution in [0.4, 0.5) is 0 Å². The molecule has 1 aromatic carbocycles. The van der Waals surface area contributed by atoms with Crippen LogP contribution >= 0.6 is 0 Å². The third-order valence-electron chi connectivity index (χ3n) is 4.54.